The molecule has 0 saturated carbocycles. The number of nitro groups is 1. The molecule has 29 heavy (non-hydrogen) atoms. The van der Waals surface area contributed by atoms with Gasteiger partial charge in [0.1, 0.15) is 5.75 Å². The van der Waals surface area contributed by atoms with Crippen LogP contribution in [0.2, 0.25) is 0 Å². The fourth-order valence-corrected chi connectivity index (χ4v) is 2.58. The molecule has 0 spiro atoms. The quantitative estimate of drug-likeness (QED) is 0.337. The second kappa shape index (κ2) is 11.8. The molecule has 1 aliphatic rings. The van der Waals surface area contributed by atoms with Crippen LogP contribution in [-0.4, -0.2) is 71.4 Å². The lowest BCUT2D eigenvalue weighted by atomic mass is 9.86. The van der Waals surface area contributed by atoms with Crippen molar-refractivity contribution >= 4 is 17.6 Å². The molecule has 1 aromatic carbocycles. The van der Waals surface area contributed by atoms with Crippen LogP contribution in [0.15, 0.2) is 36.4 Å². The van der Waals surface area contributed by atoms with Crippen molar-refractivity contribution in [2.75, 3.05) is 39.5 Å². The third-order valence-electron chi connectivity index (χ3n) is 4.23. The summed E-state index contributed by atoms with van der Waals surface area (Å²) in [5.41, 5.74) is 0.112. The zero-order chi connectivity index (χ0) is 21.9. The third kappa shape index (κ3) is 8.71. The van der Waals surface area contributed by atoms with Crippen LogP contribution in [0.1, 0.15) is 13.8 Å². The molecule has 0 aromatic heterocycles. The van der Waals surface area contributed by atoms with E-state index in [-0.39, 0.29) is 11.1 Å². The summed E-state index contributed by atoms with van der Waals surface area (Å²) >= 11 is 0. The Morgan fingerprint density at radius 2 is 1.69 bits per heavy atom. The third-order valence-corrected chi connectivity index (χ3v) is 4.23. The van der Waals surface area contributed by atoms with Crippen molar-refractivity contribution in [1.29, 1.82) is 0 Å². The first-order valence-corrected chi connectivity index (χ1v) is 9.02. The number of hydrogen-bond donors (Lipinski definition) is 2. The Bertz CT molecular complexity index is 693. The van der Waals surface area contributed by atoms with E-state index in [1.807, 2.05) is 0 Å². The van der Waals surface area contributed by atoms with Crippen LogP contribution in [0.5, 0.6) is 5.75 Å². The molecule has 160 valence electrons. The van der Waals surface area contributed by atoms with Gasteiger partial charge in [-0.05, 0) is 25.2 Å². The fourth-order valence-electron chi connectivity index (χ4n) is 2.58. The Morgan fingerprint density at radius 1 is 1.17 bits per heavy atom. The van der Waals surface area contributed by atoms with E-state index in [2.05, 4.69) is 18.7 Å². The molecular weight excluding hydrogens is 384 g/mol. The molecule has 0 aliphatic carbocycles. The maximum atomic E-state index is 10.6. The van der Waals surface area contributed by atoms with E-state index in [1.165, 1.54) is 12.1 Å². The van der Waals surface area contributed by atoms with Crippen LogP contribution in [0, 0.1) is 15.5 Å². The average molecular weight is 410 g/mol. The zero-order valence-electron chi connectivity index (χ0n) is 16.4. The summed E-state index contributed by atoms with van der Waals surface area (Å²) in [6, 6.07) is 6.21. The summed E-state index contributed by atoms with van der Waals surface area (Å²) in [4.78, 5) is 31.7. The standard InChI is InChI=1S/C15H22N2O4.C4H4O4/c1-3-16(4-2)9-15(10-20-11-15)12-21-14-7-5-13(6-8-14)17(18)19;5-3(6)1-2-4(7)8/h5-8H,3-4,9-12H2,1-2H3;1-2H,(H,5,6)(H,7,8)/b;2-1-. The molecule has 0 radical (unpaired) electrons. The predicted octanol–water partition coefficient (Wildman–Crippen LogP) is 2.04. The number of nitro benzene ring substituents is 1. The minimum absolute atomic E-state index is 0.0355. The molecule has 10 nitrogen and oxygen atoms in total. The molecule has 10 heteroatoms. The van der Waals surface area contributed by atoms with Gasteiger partial charge in [-0.3, -0.25) is 10.1 Å². The highest BCUT2D eigenvalue weighted by Gasteiger charge is 2.40. The SMILES string of the molecule is CCN(CC)CC1(COc2ccc([N+](=O)[O-])cc2)COC1.O=C(O)/C=C\C(=O)O. The van der Waals surface area contributed by atoms with Crippen molar-refractivity contribution in [2.45, 2.75) is 13.8 Å². The normalized spacial score (nSPS) is 14.6. The Kier molecular flexibility index (Phi) is 9.76. The number of carbonyl (C=O) groups is 2. The maximum Gasteiger partial charge on any atom is 0.328 e. The van der Waals surface area contributed by atoms with Crippen LogP contribution in [0.3, 0.4) is 0 Å². The first-order valence-electron chi connectivity index (χ1n) is 9.02. The van der Waals surface area contributed by atoms with Gasteiger partial charge < -0.3 is 24.6 Å². The molecule has 0 amide bonds. The first-order chi connectivity index (χ1) is 13.7. The van der Waals surface area contributed by atoms with Gasteiger partial charge >= 0.3 is 11.9 Å². The van der Waals surface area contributed by atoms with E-state index in [1.54, 1.807) is 12.1 Å². The van der Waals surface area contributed by atoms with Gasteiger partial charge in [-0.2, -0.15) is 0 Å². The number of non-ortho nitro benzene ring substituents is 1. The highest BCUT2D eigenvalue weighted by molar-refractivity contribution is 5.89. The molecule has 2 N–H and O–H groups in total. The van der Waals surface area contributed by atoms with Gasteiger partial charge in [0.2, 0.25) is 0 Å². The van der Waals surface area contributed by atoms with Crippen molar-refractivity contribution in [1.82, 2.24) is 4.90 Å². The van der Waals surface area contributed by atoms with Crippen LogP contribution >= 0.6 is 0 Å². The smallest absolute Gasteiger partial charge is 0.328 e. The number of nitrogens with zero attached hydrogens (tertiary/aromatic N) is 2. The summed E-state index contributed by atoms with van der Waals surface area (Å²) in [6.45, 7) is 9.24. The summed E-state index contributed by atoms with van der Waals surface area (Å²) in [7, 11) is 0. The molecule has 2 rings (SSSR count). The number of carboxylic acid groups (broad SMARTS) is 2. The molecular formula is C19H26N2O8. The van der Waals surface area contributed by atoms with E-state index in [9.17, 15) is 19.7 Å². The molecule has 1 aliphatic heterocycles. The van der Waals surface area contributed by atoms with Crippen LogP contribution < -0.4 is 4.74 Å². The molecule has 1 heterocycles. The summed E-state index contributed by atoms with van der Waals surface area (Å²) in [5.74, 6) is -1.86. The Labute approximate surface area is 168 Å². The number of carboxylic acids is 2. The van der Waals surface area contributed by atoms with Crippen molar-refractivity contribution in [2.24, 2.45) is 5.41 Å². The molecule has 1 saturated heterocycles. The molecule has 0 bridgehead atoms. The van der Waals surface area contributed by atoms with Crippen LogP contribution in [-0.2, 0) is 14.3 Å². The first kappa shape index (κ1) is 24.1. The monoisotopic (exact) mass is 410 g/mol. The second-order valence-corrected chi connectivity index (χ2v) is 6.50. The maximum absolute atomic E-state index is 10.6. The van der Waals surface area contributed by atoms with Gasteiger partial charge in [-0.1, -0.05) is 13.8 Å². The molecule has 1 fully saturated rings. The molecule has 0 atom stereocenters. The van der Waals surface area contributed by atoms with E-state index in [0.717, 1.165) is 19.6 Å². The summed E-state index contributed by atoms with van der Waals surface area (Å²) in [6.07, 6.45) is 1.12. The largest absolute Gasteiger partial charge is 0.493 e. The fraction of sp³-hybridized carbons (Fsp3) is 0.474. The number of hydrogen-bond acceptors (Lipinski definition) is 7. The van der Waals surface area contributed by atoms with E-state index in [0.29, 0.717) is 37.7 Å². The van der Waals surface area contributed by atoms with Crippen molar-refractivity contribution in [3.63, 3.8) is 0 Å². The van der Waals surface area contributed by atoms with E-state index in [4.69, 9.17) is 19.7 Å². The summed E-state index contributed by atoms with van der Waals surface area (Å²) in [5, 5.41) is 26.2. The zero-order valence-corrected chi connectivity index (χ0v) is 16.4. The Morgan fingerprint density at radius 3 is 2.03 bits per heavy atom. The molecule has 0 unspecified atom stereocenters. The highest BCUT2D eigenvalue weighted by Crippen LogP contribution is 2.30. The lowest BCUT2D eigenvalue weighted by molar-refractivity contribution is -0.384. The van der Waals surface area contributed by atoms with Gasteiger partial charge in [-0.25, -0.2) is 9.59 Å². The van der Waals surface area contributed by atoms with Crippen molar-refractivity contribution in [3.05, 3.63) is 46.5 Å². The van der Waals surface area contributed by atoms with Gasteiger partial charge in [0.25, 0.3) is 5.69 Å². The molecule has 1 aromatic rings. The van der Waals surface area contributed by atoms with E-state index >= 15 is 0 Å². The average Bonchev–Trinajstić information content (AvgIpc) is 2.66. The lowest BCUT2D eigenvalue weighted by Crippen LogP contribution is -2.54. The minimum atomic E-state index is -1.26. The van der Waals surface area contributed by atoms with Gasteiger partial charge in [-0.15, -0.1) is 0 Å². The van der Waals surface area contributed by atoms with E-state index < -0.39 is 16.9 Å². The van der Waals surface area contributed by atoms with Crippen LogP contribution in [0.4, 0.5) is 5.69 Å². The number of rotatable bonds is 10. The Hall–Kier alpha value is -2.98. The predicted molar refractivity (Wildman–Crippen MR) is 104 cm³/mol. The summed E-state index contributed by atoms with van der Waals surface area (Å²) < 4.78 is 11.2. The van der Waals surface area contributed by atoms with Gasteiger partial charge in [0.15, 0.2) is 0 Å². The number of benzene rings is 1. The minimum Gasteiger partial charge on any atom is -0.493 e. The van der Waals surface area contributed by atoms with Gasteiger partial charge in [0.05, 0.1) is 30.2 Å². The van der Waals surface area contributed by atoms with Gasteiger partial charge in [0, 0.05) is 30.8 Å². The second-order valence-electron chi connectivity index (χ2n) is 6.50. The van der Waals surface area contributed by atoms with Crippen molar-refractivity contribution < 1.29 is 34.2 Å². The lowest BCUT2D eigenvalue weighted by Gasteiger charge is -2.43. The van der Waals surface area contributed by atoms with Crippen LogP contribution in [0.25, 0.3) is 0 Å². The topological polar surface area (TPSA) is 139 Å². The van der Waals surface area contributed by atoms with Crippen molar-refractivity contribution in [3.8, 4) is 5.75 Å². The number of ether oxygens (including phenoxy) is 2. The number of aliphatic carboxylic acids is 2. The highest BCUT2D eigenvalue weighted by atomic mass is 16.6. The Balaban J connectivity index is 0.000000447.